The van der Waals surface area contributed by atoms with Crippen LogP contribution in [0.3, 0.4) is 0 Å². The molecule has 1 heterocycles. The van der Waals surface area contributed by atoms with Crippen LogP contribution < -0.4 is 0 Å². The standard InChI is InChI=1S/C35H37F3O/c1-2-3-22-4-6-23(7-5-22)24-8-10-25(11-9-24)28-16-17-29(32(36)20-28)26-12-14-27(15-13-26)30-18-19-31(33-21-39-33)35(38)34(30)37/h2-3,12-20,22-25,33H,4-11,21H2,1H3/b3-2+. The van der Waals surface area contributed by atoms with E-state index in [9.17, 15) is 8.78 Å². The maximum absolute atomic E-state index is 15.3. The normalized spacial score (nSPS) is 27.1. The van der Waals surface area contributed by atoms with Crippen molar-refractivity contribution in [2.45, 2.75) is 70.3 Å². The molecule has 39 heavy (non-hydrogen) atoms. The Morgan fingerprint density at radius 3 is 1.87 bits per heavy atom. The van der Waals surface area contributed by atoms with E-state index in [2.05, 4.69) is 25.1 Å². The smallest absolute Gasteiger partial charge is 0.167 e. The molecule has 3 fully saturated rings. The first-order chi connectivity index (χ1) is 19.0. The number of hydrogen-bond acceptors (Lipinski definition) is 1. The van der Waals surface area contributed by atoms with Crippen LogP contribution >= 0.6 is 0 Å². The summed E-state index contributed by atoms with van der Waals surface area (Å²) in [5, 5.41) is 0. The molecule has 6 rings (SSSR count). The molecule has 204 valence electrons. The van der Waals surface area contributed by atoms with Gasteiger partial charge in [-0.05, 0) is 105 Å². The average molecular weight is 531 g/mol. The average Bonchev–Trinajstić information content (AvgIpc) is 3.81. The molecule has 0 aromatic heterocycles. The van der Waals surface area contributed by atoms with E-state index in [1.807, 2.05) is 6.07 Å². The molecule has 1 saturated heterocycles. The summed E-state index contributed by atoms with van der Waals surface area (Å²) in [7, 11) is 0. The van der Waals surface area contributed by atoms with E-state index >= 15 is 4.39 Å². The van der Waals surface area contributed by atoms with E-state index in [4.69, 9.17) is 4.74 Å². The Morgan fingerprint density at radius 1 is 0.692 bits per heavy atom. The lowest BCUT2D eigenvalue weighted by atomic mass is 9.68. The molecule has 1 atom stereocenters. The lowest BCUT2D eigenvalue weighted by Gasteiger charge is -2.37. The molecule has 2 saturated carbocycles. The van der Waals surface area contributed by atoms with Gasteiger partial charge in [0.1, 0.15) is 11.9 Å². The zero-order valence-corrected chi connectivity index (χ0v) is 22.6. The number of rotatable bonds is 6. The van der Waals surface area contributed by atoms with Gasteiger partial charge in [0, 0.05) is 16.7 Å². The van der Waals surface area contributed by atoms with Gasteiger partial charge in [0.2, 0.25) is 0 Å². The van der Waals surface area contributed by atoms with Crippen LogP contribution in [0.5, 0.6) is 0 Å². The third-order valence-corrected chi connectivity index (χ3v) is 9.48. The second-order valence-corrected chi connectivity index (χ2v) is 11.8. The van der Waals surface area contributed by atoms with Gasteiger partial charge in [0.15, 0.2) is 11.6 Å². The van der Waals surface area contributed by atoms with E-state index in [0.29, 0.717) is 23.7 Å². The Labute approximate surface area is 230 Å². The van der Waals surface area contributed by atoms with Gasteiger partial charge in [0.05, 0.1) is 6.61 Å². The van der Waals surface area contributed by atoms with Crippen molar-refractivity contribution >= 4 is 0 Å². The van der Waals surface area contributed by atoms with Crippen molar-refractivity contribution in [3.05, 3.63) is 95.3 Å². The lowest BCUT2D eigenvalue weighted by Crippen LogP contribution is -2.25. The topological polar surface area (TPSA) is 12.5 Å². The predicted octanol–water partition coefficient (Wildman–Crippen LogP) is 10.2. The summed E-state index contributed by atoms with van der Waals surface area (Å²) in [6.45, 7) is 2.55. The highest BCUT2D eigenvalue weighted by atomic mass is 19.2. The molecule has 0 spiro atoms. The number of benzene rings is 3. The number of epoxide rings is 1. The molecule has 0 bridgehead atoms. The maximum Gasteiger partial charge on any atom is 0.167 e. The minimum absolute atomic E-state index is 0.195. The highest BCUT2D eigenvalue weighted by Gasteiger charge is 2.32. The monoisotopic (exact) mass is 530 g/mol. The molecule has 0 radical (unpaired) electrons. The van der Waals surface area contributed by atoms with E-state index in [-0.39, 0.29) is 23.0 Å². The number of hydrogen-bond donors (Lipinski definition) is 0. The van der Waals surface area contributed by atoms with Crippen molar-refractivity contribution in [3.8, 4) is 22.3 Å². The first-order valence-electron chi connectivity index (χ1n) is 14.6. The highest BCUT2D eigenvalue weighted by molar-refractivity contribution is 5.71. The van der Waals surface area contributed by atoms with E-state index in [1.54, 1.807) is 42.5 Å². The second-order valence-electron chi connectivity index (χ2n) is 11.8. The third kappa shape index (κ3) is 5.59. The first-order valence-corrected chi connectivity index (χ1v) is 14.6. The van der Waals surface area contributed by atoms with Gasteiger partial charge in [-0.1, -0.05) is 60.7 Å². The Bertz CT molecular complexity index is 1320. The van der Waals surface area contributed by atoms with Crippen LogP contribution in [0.15, 0.2) is 66.7 Å². The minimum Gasteiger partial charge on any atom is -0.368 e. The molecule has 0 amide bonds. The molecule has 2 aliphatic carbocycles. The van der Waals surface area contributed by atoms with Crippen LogP contribution in [0.2, 0.25) is 0 Å². The van der Waals surface area contributed by atoms with E-state index in [1.165, 1.54) is 38.5 Å². The fourth-order valence-corrected chi connectivity index (χ4v) is 7.12. The molecular formula is C35H37F3O. The fourth-order valence-electron chi connectivity index (χ4n) is 7.12. The summed E-state index contributed by atoms with van der Waals surface area (Å²) in [6.07, 6.45) is 14.4. The van der Waals surface area contributed by atoms with Crippen molar-refractivity contribution in [1.29, 1.82) is 0 Å². The summed E-state index contributed by atoms with van der Waals surface area (Å²) in [5.41, 5.74) is 3.37. The van der Waals surface area contributed by atoms with Crippen molar-refractivity contribution in [3.63, 3.8) is 0 Å². The molecule has 0 N–H and O–H groups in total. The second kappa shape index (κ2) is 11.3. The van der Waals surface area contributed by atoms with Crippen LogP contribution in [0.1, 0.15) is 81.4 Å². The van der Waals surface area contributed by atoms with Gasteiger partial charge in [0.25, 0.3) is 0 Å². The molecule has 3 aromatic rings. The summed E-state index contributed by atoms with van der Waals surface area (Å²) < 4.78 is 49.6. The lowest BCUT2D eigenvalue weighted by molar-refractivity contribution is 0.171. The Balaban J connectivity index is 1.10. The Hall–Kier alpha value is -2.85. The Morgan fingerprint density at radius 2 is 1.28 bits per heavy atom. The summed E-state index contributed by atoms with van der Waals surface area (Å²) >= 11 is 0. The third-order valence-electron chi connectivity index (χ3n) is 9.48. The number of ether oxygens (including phenoxy) is 1. The molecule has 3 aromatic carbocycles. The number of allylic oxidation sites excluding steroid dienone is 2. The van der Waals surface area contributed by atoms with Crippen molar-refractivity contribution in [2.75, 3.05) is 6.61 Å². The van der Waals surface area contributed by atoms with Crippen LogP contribution in [0, 0.1) is 35.2 Å². The highest BCUT2D eigenvalue weighted by Crippen LogP contribution is 2.44. The van der Waals surface area contributed by atoms with Gasteiger partial charge < -0.3 is 4.74 Å². The van der Waals surface area contributed by atoms with Gasteiger partial charge in [-0.3, -0.25) is 0 Å². The molecule has 1 nitrogen and oxygen atoms in total. The van der Waals surface area contributed by atoms with E-state index in [0.717, 1.165) is 41.7 Å². The van der Waals surface area contributed by atoms with Crippen LogP contribution in [0.25, 0.3) is 22.3 Å². The van der Waals surface area contributed by atoms with E-state index < -0.39 is 11.6 Å². The first kappa shape index (κ1) is 26.4. The Kier molecular flexibility index (Phi) is 7.66. The largest absolute Gasteiger partial charge is 0.368 e. The summed E-state index contributed by atoms with van der Waals surface area (Å²) in [5.74, 6) is 0.938. The maximum atomic E-state index is 15.3. The van der Waals surface area contributed by atoms with Gasteiger partial charge in [-0.25, -0.2) is 13.2 Å². The molecule has 3 aliphatic rings. The van der Waals surface area contributed by atoms with Gasteiger partial charge >= 0.3 is 0 Å². The molecule has 1 unspecified atom stereocenters. The van der Waals surface area contributed by atoms with Crippen molar-refractivity contribution < 1.29 is 17.9 Å². The van der Waals surface area contributed by atoms with Gasteiger partial charge in [-0.15, -0.1) is 0 Å². The molecular weight excluding hydrogens is 493 g/mol. The van der Waals surface area contributed by atoms with Crippen molar-refractivity contribution in [1.82, 2.24) is 0 Å². The number of halogens is 3. The summed E-state index contributed by atoms with van der Waals surface area (Å²) in [4.78, 5) is 0. The quantitative estimate of drug-likeness (QED) is 0.228. The van der Waals surface area contributed by atoms with Crippen LogP contribution in [-0.2, 0) is 4.74 Å². The molecule has 1 aliphatic heterocycles. The predicted molar refractivity (Wildman–Crippen MR) is 151 cm³/mol. The van der Waals surface area contributed by atoms with Crippen molar-refractivity contribution in [2.24, 2.45) is 17.8 Å². The van der Waals surface area contributed by atoms with Crippen LogP contribution in [-0.4, -0.2) is 6.61 Å². The SMILES string of the molecule is C/C=C/C1CCC(C2CCC(c3ccc(-c4ccc(-c5ccc(C6CO6)c(F)c5F)cc4)c(F)c3)CC2)CC1. The zero-order valence-electron chi connectivity index (χ0n) is 22.6. The summed E-state index contributed by atoms with van der Waals surface area (Å²) in [6, 6.07) is 15.8. The minimum atomic E-state index is -0.873. The van der Waals surface area contributed by atoms with Crippen LogP contribution in [0.4, 0.5) is 13.2 Å². The fraction of sp³-hybridized carbons (Fsp3) is 0.429. The van der Waals surface area contributed by atoms with Gasteiger partial charge in [-0.2, -0.15) is 0 Å². The molecule has 4 heteroatoms. The zero-order chi connectivity index (χ0) is 26.9.